The van der Waals surface area contributed by atoms with Gasteiger partial charge in [-0.05, 0) is 43.6 Å². The van der Waals surface area contributed by atoms with Gasteiger partial charge in [0.05, 0.1) is 47.8 Å². The van der Waals surface area contributed by atoms with Crippen molar-refractivity contribution < 1.29 is 23.9 Å². The molecule has 3 aliphatic rings. The number of hydrogen-bond donors (Lipinski definition) is 0. The van der Waals surface area contributed by atoms with Gasteiger partial charge in [-0.1, -0.05) is 29.3 Å². The van der Waals surface area contributed by atoms with Crippen LogP contribution in [0.2, 0.25) is 10.0 Å². The summed E-state index contributed by atoms with van der Waals surface area (Å²) in [5, 5.41) is 0.869. The first-order chi connectivity index (χ1) is 15.8. The monoisotopic (exact) mass is 497 g/mol. The van der Waals surface area contributed by atoms with Gasteiger partial charge in [-0.3, -0.25) is 19.3 Å². The Bertz CT molecular complexity index is 908. The summed E-state index contributed by atoms with van der Waals surface area (Å²) in [6, 6.07) is 4.75. The van der Waals surface area contributed by atoms with Crippen molar-refractivity contribution in [1.29, 1.82) is 0 Å². The Morgan fingerprint density at radius 1 is 0.970 bits per heavy atom. The molecule has 3 fully saturated rings. The molecule has 2 amide bonds. The number of amides is 2. The summed E-state index contributed by atoms with van der Waals surface area (Å²) in [7, 11) is 0. The predicted molar refractivity (Wildman–Crippen MR) is 123 cm³/mol. The number of benzene rings is 1. The van der Waals surface area contributed by atoms with Crippen LogP contribution in [-0.4, -0.2) is 96.6 Å². The Balaban J connectivity index is 1.57. The molecule has 4 rings (SSSR count). The van der Waals surface area contributed by atoms with Crippen LogP contribution in [0.1, 0.15) is 25.3 Å². The minimum atomic E-state index is -0.495. The van der Waals surface area contributed by atoms with Crippen molar-refractivity contribution >= 4 is 41.0 Å². The maximum absolute atomic E-state index is 13.5. The van der Waals surface area contributed by atoms with Gasteiger partial charge >= 0.3 is 5.97 Å². The van der Waals surface area contributed by atoms with Crippen molar-refractivity contribution in [1.82, 2.24) is 14.7 Å². The van der Waals surface area contributed by atoms with Crippen molar-refractivity contribution in [2.45, 2.75) is 44.3 Å². The standard InChI is InChI=1S/C23H29Cl2N3O5/c1-15(29)33-14-22(31)27-8-9-28(21(30)11-16-4-5-17(24)18(25)10-16)23-19(12-32-13-20(23)27)26-6-2-3-7-26/h4-5,10,19-20,23H,2-3,6-9,11-14H2,1H3. The average Bonchev–Trinajstić information content (AvgIpc) is 3.33. The maximum atomic E-state index is 13.5. The summed E-state index contributed by atoms with van der Waals surface area (Å²) in [6.45, 7) is 4.52. The van der Waals surface area contributed by atoms with Crippen molar-refractivity contribution in [2.24, 2.45) is 0 Å². The second kappa shape index (κ2) is 10.6. The van der Waals surface area contributed by atoms with Crippen LogP contribution in [0.4, 0.5) is 0 Å². The molecule has 1 aromatic rings. The van der Waals surface area contributed by atoms with Crippen molar-refractivity contribution in [2.75, 3.05) is 46.0 Å². The van der Waals surface area contributed by atoms with Crippen molar-refractivity contribution in [3.8, 4) is 0 Å². The molecule has 0 radical (unpaired) electrons. The SMILES string of the molecule is CC(=O)OCC(=O)N1CCN(C(=O)Cc2ccc(Cl)c(Cl)c2)C2C(N3CCCC3)COCC21. The van der Waals surface area contributed by atoms with Gasteiger partial charge in [0.25, 0.3) is 5.91 Å². The van der Waals surface area contributed by atoms with Crippen LogP contribution in [0, 0.1) is 0 Å². The Kier molecular flexibility index (Phi) is 7.79. The van der Waals surface area contributed by atoms with E-state index in [0.29, 0.717) is 36.3 Å². The second-order valence-electron chi connectivity index (χ2n) is 8.79. The number of halogens is 2. The summed E-state index contributed by atoms with van der Waals surface area (Å²) in [6.07, 6.45) is 2.43. The van der Waals surface area contributed by atoms with Crippen LogP contribution in [0.25, 0.3) is 0 Å². The van der Waals surface area contributed by atoms with Gasteiger partial charge in [0.15, 0.2) is 6.61 Å². The molecule has 0 N–H and O–H groups in total. The van der Waals surface area contributed by atoms with Crippen LogP contribution < -0.4 is 0 Å². The summed E-state index contributed by atoms with van der Waals surface area (Å²) in [4.78, 5) is 43.6. The molecule has 3 unspecified atom stereocenters. The zero-order chi connectivity index (χ0) is 23.5. The van der Waals surface area contributed by atoms with Gasteiger partial charge in [0.1, 0.15) is 0 Å². The van der Waals surface area contributed by atoms with Crippen molar-refractivity contribution in [3.63, 3.8) is 0 Å². The summed E-state index contributed by atoms with van der Waals surface area (Å²) < 4.78 is 10.9. The first-order valence-electron chi connectivity index (χ1n) is 11.3. The second-order valence-corrected chi connectivity index (χ2v) is 9.60. The van der Waals surface area contributed by atoms with E-state index in [0.717, 1.165) is 31.5 Å². The number of carbonyl (C=O) groups excluding carboxylic acids is 3. The zero-order valence-corrected chi connectivity index (χ0v) is 20.2. The predicted octanol–water partition coefficient (Wildman–Crippen LogP) is 2.00. The lowest BCUT2D eigenvalue weighted by molar-refractivity contribution is -0.167. The molecule has 0 aliphatic carbocycles. The number of carbonyl (C=O) groups is 3. The van der Waals surface area contributed by atoms with E-state index in [4.69, 9.17) is 32.7 Å². The lowest BCUT2D eigenvalue weighted by Crippen LogP contribution is -2.72. The molecule has 0 spiro atoms. The molecular formula is C23H29Cl2N3O5. The lowest BCUT2D eigenvalue weighted by Gasteiger charge is -2.54. The van der Waals surface area contributed by atoms with Gasteiger partial charge < -0.3 is 19.3 Å². The number of hydrogen-bond acceptors (Lipinski definition) is 6. The molecule has 3 heterocycles. The Labute approximate surface area is 203 Å². The van der Waals surface area contributed by atoms with Crippen LogP contribution in [-0.2, 0) is 30.3 Å². The minimum Gasteiger partial charge on any atom is -0.456 e. The molecular weight excluding hydrogens is 469 g/mol. The van der Waals surface area contributed by atoms with E-state index in [2.05, 4.69) is 4.90 Å². The van der Waals surface area contributed by atoms with Gasteiger partial charge in [0.2, 0.25) is 5.91 Å². The normalized spacial score (nSPS) is 25.6. The first-order valence-corrected chi connectivity index (χ1v) is 12.1. The lowest BCUT2D eigenvalue weighted by atomic mass is 9.90. The number of ether oxygens (including phenoxy) is 2. The maximum Gasteiger partial charge on any atom is 0.303 e. The van der Waals surface area contributed by atoms with Crippen LogP contribution in [0.15, 0.2) is 18.2 Å². The van der Waals surface area contributed by atoms with Crippen LogP contribution >= 0.6 is 23.2 Å². The third-order valence-electron chi connectivity index (χ3n) is 6.70. The smallest absolute Gasteiger partial charge is 0.303 e. The Morgan fingerprint density at radius 2 is 1.67 bits per heavy atom. The highest BCUT2D eigenvalue weighted by Gasteiger charge is 2.49. The van der Waals surface area contributed by atoms with Gasteiger partial charge in [-0.15, -0.1) is 0 Å². The third kappa shape index (κ3) is 5.45. The molecule has 0 aromatic heterocycles. The molecule has 0 bridgehead atoms. The number of piperazine rings is 1. The van der Waals surface area contributed by atoms with E-state index in [9.17, 15) is 14.4 Å². The van der Waals surface area contributed by atoms with E-state index < -0.39 is 5.97 Å². The van der Waals surface area contributed by atoms with Gasteiger partial charge in [-0.25, -0.2) is 0 Å². The van der Waals surface area contributed by atoms with E-state index in [1.807, 2.05) is 11.0 Å². The van der Waals surface area contributed by atoms with Crippen LogP contribution in [0.3, 0.4) is 0 Å². The highest BCUT2D eigenvalue weighted by atomic mass is 35.5. The van der Waals surface area contributed by atoms with Crippen molar-refractivity contribution in [3.05, 3.63) is 33.8 Å². The topological polar surface area (TPSA) is 79.4 Å². The molecule has 1 aromatic carbocycles. The Hall–Kier alpha value is -1.87. The fourth-order valence-corrected chi connectivity index (χ4v) is 5.47. The molecule has 10 heteroatoms. The van der Waals surface area contributed by atoms with E-state index in [-0.39, 0.29) is 43.0 Å². The number of likely N-dealkylation sites (tertiary alicyclic amines) is 1. The van der Waals surface area contributed by atoms with E-state index in [1.54, 1.807) is 17.0 Å². The van der Waals surface area contributed by atoms with Gasteiger partial charge in [-0.2, -0.15) is 0 Å². The fraction of sp³-hybridized carbons (Fsp3) is 0.609. The molecule has 180 valence electrons. The fourth-order valence-electron chi connectivity index (χ4n) is 5.15. The molecule has 3 saturated heterocycles. The zero-order valence-electron chi connectivity index (χ0n) is 18.7. The summed E-state index contributed by atoms with van der Waals surface area (Å²) >= 11 is 12.2. The quantitative estimate of drug-likeness (QED) is 0.578. The molecule has 8 nitrogen and oxygen atoms in total. The number of esters is 1. The van der Waals surface area contributed by atoms with E-state index in [1.165, 1.54) is 6.92 Å². The minimum absolute atomic E-state index is 0.00771. The summed E-state index contributed by atoms with van der Waals surface area (Å²) in [5.74, 6) is -0.769. The number of nitrogens with zero attached hydrogens (tertiary/aromatic N) is 3. The Morgan fingerprint density at radius 3 is 2.36 bits per heavy atom. The number of fused-ring (bicyclic) bond motifs is 1. The molecule has 3 aliphatic heterocycles. The largest absolute Gasteiger partial charge is 0.456 e. The van der Waals surface area contributed by atoms with Gasteiger partial charge in [0, 0.05) is 20.0 Å². The van der Waals surface area contributed by atoms with E-state index >= 15 is 0 Å². The highest BCUT2D eigenvalue weighted by Crippen LogP contribution is 2.30. The highest BCUT2D eigenvalue weighted by molar-refractivity contribution is 6.42. The molecule has 3 atom stereocenters. The third-order valence-corrected chi connectivity index (χ3v) is 7.44. The molecule has 0 saturated carbocycles. The number of rotatable bonds is 5. The van der Waals surface area contributed by atoms with Crippen LogP contribution in [0.5, 0.6) is 0 Å². The average molecular weight is 498 g/mol. The summed E-state index contributed by atoms with van der Waals surface area (Å²) in [5.41, 5.74) is 0.795. The first kappa shape index (κ1) is 24.3. The molecule has 33 heavy (non-hydrogen) atoms.